The maximum atomic E-state index is 12.7. The van der Waals surface area contributed by atoms with E-state index < -0.39 is 23.0 Å². The molecule has 0 fully saturated rings. The molecule has 0 spiro atoms. The van der Waals surface area contributed by atoms with Crippen LogP contribution >= 0.6 is 23.2 Å². The first-order valence-corrected chi connectivity index (χ1v) is 8.97. The van der Waals surface area contributed by atoms with Crippen LogP contribution in [0.1, 0.15) is 18.1 Å². The Morgan fingerprint density at radius 3 is 2.47 bits per heavy atom. The minimum absolute atomic E-state index is 0.0417. The third-order valence-electron chi connectivity index (χ3n) is 3.93. The third-order valence-corrected chi connectivity index (χ3v) is 4.47. The van der Waals surface area contributed by atoms with Gasteiger partial charge in [0.2, 0.25) is 0 Å². The molecule has 3 rings (SSSR count). The van der Waals surface area contributed by atoms with Gasteiger partial charge in [0.05, 0.1) is 27.5 Å². The Morgan fingerprint density at radius 1 is 1.20 bits per heavy atom. The number of hydrogen-bond donors (Lipinski definition) is 2. The lowest BCUT2D eigenvalue weighted by molar-refractivity contribution is -0.137. The van der Waals surface area contributed by atoms with Crippen LogP contribution in [0.4, 0.5) is 19.0 Å². The van der Waals surface area contributed by atoms with Gasteiger partial charge in [-0.25, -0.2) is 9.78 Å². The zero-order chi connectivity index (χ0) is 22.1. The highest BCUT2D eigenvalue weighted by Gasteiger charge is 2.31. The highest BCUT2D eigenvalue weighted by molar-refractivity contribution is 6.33. The fourth-order valence-electron chi connectivity index (χ4n) is 2.39. The molecule has 156 valence electrons. The van der Waals surface area contributed by atoms with E-state index in [-0.39, 0.29) is 22.1 Å². The summed E-state index contributed by atoms with van der Waals surface area (Å²) in [7, 11) is 0. The molecule has 2 heterocycles. The number of nitrogens with one attached hydrogen (secondary N) is 2. The Bertz CT molecular complexity index is 1230. The first-order valence-electron chi connectivity index (χ1n) is 8.21. The van der Waals surface area contributed by atoms with E-state index in [1.54, 1.807) is 24.3 Å². The monoisotopic (exact) mass is 457 g/mol. The molecule has 3 aromatic rings. The molecule has 0 bridgehead atoms. The van der Waals surface area contributed by atoms with Crippen molar-refractivity contribution in [2.24, 2.45) is 5.10 Å². The lowest BCUT2D eigenvalue weighted by Gasteiger charge is -2.10. The van der Waals surface area contributed by atoms with Gasteiger partial charge in [-0.05, 0) is 37.3 Å². The van der Waals surface area contributed by atoms with Crippen molar-refractivity contribution in [3.8, 4) is 5.69 Å². The summed E-state index contributed by atoms with van der Waals surface area (Å²) in [5, 5.41) is 4.11. The number of halogens is 5. The summed E-state index contributed by atoms with van der Waals surface area (Å²) in [6, 6.07) is 7.03. The Morgan fingerprint density at radius 2 is 1.87 bits per heavy atom. The van der Waals surface area contributed by atoms with Gasteiger partial charge < -0.3 is 0 Å². The topological polar surface area (TPSA) is 92.1 Å². The molecular formula is C18H12Cl2F3N5O2. The molecule has 0 saturated heterocycles. The van der Waals surface area contributed by atoms with Gasteiger partial charge in [-0.2, -0.15) is 18.3 Å². The Balaban J connectivity index is 1.93. The molecule has 12 heteroatoms. The van der Waals surface area contributed by atoms with Crippen molar-refractivity contribution in [2.45, 2.75) is 13.1 Å². The van der Waals surface area contributed by atoms with Crippen molar-refractivity contribution in [2.75, 3.05) is 5.43 Å². The van der Waals surface area contributed by atoms with E-state index in [0.29, 0.717) is 23.0 Å². The number of aromatic amines is 1. The minimum Gasteiger partial charge on any atom is -0.273 e. The summed E-state index contributed by atoms with van der Waals surface area (Å²) in [4.78, 5) is 30.1. The number of hydrogen-bond acceptors (Lipinski definition) is 5. The molecule has 7 nitrogen and oxygen atoms in total. The number of H-pyrrole nitrogens is 1. The number of anilines is 1. The first kappa shape index (κ1) is 21.6. The van der Waals surface area contributed by atoms with Crippen LogP contribution in [0.5, 0.6) is 0 Å². The molecule has 0 aliphatic carbocycles. The molecule has 2 N–H and O–H groups in total. The standard InChI is InChI=1S/C18H12Cl2F3N5O2/c1-9(26-27-15-14(20)6-10(7-24-15)18(21,22)23)13-8-28(17(30)25-16(13)29)12-4-2-11(19)3-5-12/h2-8H,1H3,(H,24,27)(H,25,29,30)/b26-9+. The first-order chi connectivity index (χ1) is 14.1. The average molecular weight is 458 g/mol. The summed E-state index contributed by atoms with van der Waals surface area (Å²) in [6.45, 7) is 1.46. The van der Waals surface area contributed by atoms with Gasteiger partial charge in [-0.3, -0.25) is 19.8 Å². The zero-order valence-corrected chi connectivity index (χ0v) is 16.6. The molecule has 0 amide bonds. The minimum atomic E-state index is -4.59. The van der Waals surface area contributed by atoms with Gasteiger partial charge in [0.25, 0.3) is 5.56 Å². The molecule has 0 radical (unpaired) electrons. The van der Waals surface area contributed by atoms with E-state index in [1.165, 1.54) is 17.7 Å². The van der Waals surface area contributed by atoms with E-state index >= 15 is 0 Å². The van der Waals surface area contributed by atoms with Crippen molar-refractivity contribution in [3.63, 3.8) is 0 Å². The maximum absolute atomic E-state index is 12.7. The van der Waals surface area contributed by atoms with Crippen LogP contribution in [-0.2, 0) is 6.18 Å². The second-order valence-electron chi connectivity index (χ2n) is 6.01. The Labute approximate surface area is 176 Å². The van der Waals surface area contributed by atoms with Crippen LogP contribution in [-0.4, -0.2) is 20.2 Å². The van der Waals surface area contributed by atoms with Crippen molar-refractivity contribution >= 4 is 34.7 Å². The number of alkyl halides is 3. The van der Waals surface area contributed by atoms with E-state index in [2.05, 4.69) is 20.5 Å². The number of hydrazone groups is 1. The van der Waals surface area contributed by atoms with Crippen molar-refractivity contribution in [1.82, 2.24) is 14.5 Å². The highest BCUT2D eigenvalue weighted by atomic mass is 35.5. The highest BCUT2D eigenvalue weighted by Crippen LogP contribution is 2.32. The van der Waals surface area contributed by atoms with Crippen LogP contribution in [0.15, 0.2) is 57.4 Å². The predicted molar refractivity (Wildman–Crippen MR) is 108 cm³/mol. The molecule has 0 aliphatic heterocycles. The summed E-state index contributed by atoms with van der Waals surface area (Å²) in [5.41, 5.74) is 0.679. The predicted octanol–water partition coefficient (Wildman–Crippen LogP) is 4.08. The third kappa shape index (κ3) is 4.71. The van der Waals surface area contributed by atoms with Crippen LogP contribution in [0.2, 0.25) is 10.0 Å². The van der Waals surface area contributed by atoms with Crippen molar-refractivity contribution in [1.29, 1.82) is 0 Å². The molecule has 0 atom stereocenters. The molecule has 0 aliphatic rings. The van der Waals surface area contributed by atoms with Gasteiger partial charge in [-0.15, -0.1) is 0 Å². The molecule has 0 saturated carbocycles. The average Bonchev–Trinajstić information content (AvgIpc) is 2.67. The van der Waals surface area contributed by atoms with Crippen LogP contribution < -0.4 is 16.7 Å². The maximum Gasteiger partial charge on any atom is 0.417 e. The van der Waals surface area contributed by atoms with Gasteiger partial charge >= 0.3 is 11.9 Å². The van der Waals surface area contributed by atoms with E-state index in [1.807, 2.05) is 0 Å². The summed E-state index contributed by atoms with van der Waals surface area (Å²) in [6.07, 6.45) is -2.70. The van der Waals surface area contributed by atoms with Gasteiger partial charge in [0.1, 0.15) is 0 Å². The second-order valence-corrected chi connectivity index (χ2v) is 6.85. The number of nitrogens with zero attached hydrogens (tertiary/aromatic N) is 3. The van der Waals surface area contributed by atoms with Gasteiger partial charge in [0.15, 0.2) is 5.82 Å². The van der Waals surface area contributed by atoms with Crippen molar-refractivity contribution < 1.29 is 13.2 Å². The van der Waals surface area contributed by atoms with Gasteiger partial charge in [0, 0.05) is 17.4 Å². The lowest BCUT2D eigenvalue weighted by atomic mass is 10.2. The Hall–Kier alpha value is -3.11. The zero-order valence-electron chi connectivity index (χ0n) is 15.1. The molecular weight excluding hydrogens is 446 g/mol. The number of rotatable bonds is 4. The molecule has 30 heavy (non-hydrogen) atoms. The largest absolute Gasteiger partial charge is 0.417 e. The summed E-state index contributed by atoms with van der Waals surface area (Å²) < 4.78 is 39.3. The lowest BCUT2D eigenvalue weighted by Crippen LogP contribution is -2.32. The fraction of sp³-hybridized carbons (Fsp3) is 0.111. The number of pyridine rings is 1. The SMILES string of the molecule is C/C(=N\Nc1ncc(C(F)(F)F)cc1Cl)c1cn(-c2ccc(Cl)cc2)c(=O)[nH]c1=O. The van der Waals surface area contributed by atoms with E-state index in [4.69, 9.17) is 23.2 Å². The fourth-order valence-corrected chi connectivity index (χ4v) is 2.73. The van der Waals surface area contributed by atoms with Crippen LogP contribution in [0, 0.1) is 0 Å². The quantitative estimate of drug-likeness (QED) is 0.455. The van der Waals surface area contributed by atoms with Crippen LogP contribution in [0.25, 0.3) is 5.69 Å². The number of benzene rings is 1. The second kappa shape index (κ2) is 8.33. The normalized spacial score (nSPS) is 12.1. The van der Waals surface area contributed by atoms with Crippen molar-refractivity contribution in [3.05, 3.63) is 84.7 Å². The van der Waals surface area contributed by atoms with E-state index in [9.17, 15) is 22.8 Å². The molecule has 2 aromatic heterocycles. The summed E-state index contributed by atoms with van der Waals surface area (Å²) >= 11 is 11.7. The van der Waals surface area contributed by atoms with E-state index in [0.717, 1.165) is 0 Å². The summed E-state index contributed by atoms with van der Waals surface area (Å²) in [5.74, 6) is -0.133. The Kier molecular flexibility index (Phi) is 5.99. The van der Waals surface area contributed by atoms with Crippen LogP contribution in [0.3, 0.4) is 0 Å². The molecule has 0 unspecified atom stereocenters. The molecule has 1 aromatic carbocycles. The number of aromatic nitrogens is 3. The van der Waals surface area contributed by atoms with Gasteiger partial charge in [-0.1, -0.05) is 23.2 Å². The smallest absolute Gasteiger partial charge is 0.273 e.